The first-order valence-corrected chi connectivity index (χ1v) is 8.03. The monoisotopic (exact) mass is 294 g/mol. The van der Waals surface area contributed by atoms with Crippen LogP contribution < -0.4 is 10.1 Å². The Morgan fingerprint density at radius 1 is 1.25 bits per heavy atom. The Kier molecular flexibility index (Phi) is 4.81. The predicted octanol–water partition coefficient (Wildman–Crippen LogP) is 2.58. The van der Waals surface area contributed by atoms with E-state index in [0.29, 0.717) is 0 Å². The van der Waals surface area contributed by atoms with Gasteiger partial charge in [0.05, 0.1) is 6.61 Å². The Balaban J connectivity index is 1.58. The van der Waals surface area contributed by atoms with Gasteiger partial charge < -0.3 is 15.0 Å². The molecule has 0 atom stereocenters. The zero-order valence-corrected chi connectivity index (χ0v) is 12.7. The SMILES string of the molecule is Clc1ccc(OCC2CC2)c(CCN2CCNCC2)c1. The molecule has 3 nitrogen and oxygen atoms in total. The van der Waals surface area contributed by atoms with Crippen molar-refractivity contribution in [2.45, 2.75) is 19.3 Å². The molecule has 1 aromatic carbocycles. The molecule has 2 fully saturated rings. The van der Waals surface area contributed by atoms with Gasteiger partial charge in [0.1, 0.15) is 5.75 Å². The average molecular weight is 295 g/mol. The van der Waals surface area contributed by atoms with Crippen molar-refractivity contribution in [3.63, 3.8) is 0 Å². The number of piperazine rings is 1. The summed E-state index contributed by atoms with van der Waals surface area (Å²) in [7, 11) is 0. The van der Waals surface area contributed by atoms with Crippen molar-refractivity contribution >= 4 is 11.6 Å². The first-order valence-electron chi connectivity index (χ1n) is 7.65. The Morgan fingerprint density at radius 2 is 2.05 bits per heavy atom. The van der Waals surface area contributed by atoms with Gasteiger partial charge in [0.25, 0.3) is 0 Å². The standard InChI is InChI=1S/C16H23ClN2O/c17-15-3-4-16(20-12-13-1-2-13)14(11-15)5-8-19-9-6-18-7-10-19/h3-4,11,13,18H,1-2,5-10,12H2. The van der Waals surface area contributed by atoms with E-state index in [9.17, 15) is 0 Å². The molecule has 2 aliphatic rings. The average Bonchev–Trinajstić information content (AvgIpc) is 3.29. The van der Waals surface area contributed by atoms with Crippen molar-refractivity contribution in [3.8, 4) is 5.75 Å². The van der Waals surface area contributed by atoms with E-state index >= 15 is 0 Å². The number of halogens is 1. The summed E-state index contributed by atoms with van der Waals surface area (Å²) in [6, 6.07) is 6.02. The minimum atomic E-state index is 0.784. The fourth-order valence-electron chi connectivity index (χ4n) is 2.59. The summed E-state index contributed by atoms with van der Waals surface area (Å²) >= 11 is 6.13. The third-order valence-corrected chi connectivity index (χ3v) is 4.34. The summed E-state index contributed by atoms with van der Waals surface area (Å²) in [4.78, 5) is 2.50. The molecule has 0 amide bonds. The summed E-state index contributed by atoms with van der Waals surface area (Å²) in [5.41, 5.74) is 1.25. The van der Waals surface area contributed by atoms with Crippen molar-refractivity contribution in [2.75, 3.05) is 39.3 Å². The normalized spacial score (nSPS) is 20.1. The van der Waals surface area contributed by atoms with E-state index in [1.807, 2.05) is 12.1 Å². The van der Waals surface area contributed by atoms with E-state index in [1.54, 1.807) is 0 Å². The molecule has 20 heavy (non-hydrogen) atoms. The third-order valence-electron chi connectivity index (χ3n) is 4.10. The molecule has 1 N–H and O–H groups in total. The molecule has 0 aromatic heterocycles. The summed E-state index contributed by atoms with van der Waals surface area (Å²) in [6.45, 7) is 6.42. The molecule has 0 spiro atoms. The van der Waals surface area contributed by atoms with Crippen LogP contribution in [0.15, 0.2) is 18.2 Å². The maximum Gasteiger partial charge on any atom is 0.122 e. The highest BCUT2D eigenvalue weighted by molar-refractivity contribution is 6.30. The summed E-state index contributed by atoms with van der Waals surface area (Å²) in [5, 5.41) is 4.19. The van der Waals surface area contributed by atoms with Crippen LogP contribution in [0, 0.1) is 5.92 Å². The van der Waals surface area contributed by atoms with Crippen molar-refractivity contribution in [1.29, 1.82) is 0 Å². The molecule has 4 heteroatoms. The highest BCUT2D eigenvalue weighted by Gasteiger charge is 2.22. The second-order valence-electron chi connectivity index (χ2n) is 5.85. The van der Waals surface area contributed by atoms with Crippen LogP contribution in [0.4, 0.5) is 0 Å². The lowest BCUT2D eigenvalue weighted by molar-refractivity contribution is 0.241. The van der Waals surface area contributed by atoms with Crippen LogP contribution >= 0.6 is 11.6 Å². The van der Waals surface area contributed by atoms with Gasteiger partial charge in [-0.25, -0.2) is 0 Å². The maximum atomic E-state index is 6.13. The maximum absolute atomic E-state index is 6.13. The number of hydrogen-bond donors (Lipinski definition) is 1. The van der Waals surface area contributed by atoms with E-state index in [2.05, 4.69) is 16.3 Å². The van der Waals surface area contributed by atoms with Gasteiger partial charge >= 0.3 is 0 Å². The van der Waals surface area contributed by atoms with Crippen molar-refractivity contribution in [3.05, 3.63) is 28.8 Å². The molecule has 0 radical (unpaired) electrons. The van der Waals surface area contributed by atoms with Crippen LogP contribution in [0.2, 0.25) is 5.02 Å². The molecule has 1 aromatic rings. The second kappa shape index (κ2) is 6.79. The van der Waals surface area contributed by atoms with Crippen LogP contribution in [-0.2, 0) is 6.42 Å². The van der Waals surface area contributed by atoms with Crippen LogP contribution in [0.1, 0.15) is 18.4 Å². The smallest absolute Gasteiger partial charge is 0.122 e. The van der Waals surface area contributed by atoms with E-state index < -0.39 is 0 Å². The minimum absolute atomic E-state index is 0.784. The van der Waals surface area contributed by atoms with E-state index in [4.69, 9.17) is 16.3 Å². The van der Waals surface area contributed by atoms with E-state index in [0.717, 1.165) is 62.4 Å². The Hall–Kier alpha value is -0.770. The van der Waals surface area contributed by atoms with Gasteiger partial charge in [0, 0.05) is 37.7 Å². The van der Waals surface area contributed by atoms with Crippen molar-refractivity contribution in [1.82, 2.24) is 10.2 Å². The fourth-order valence-corrected chi connectivity index (χ4v) is 2.78. The number of rotatable bonds is 6. The first-order chi connectivity index (χ1) is 9.81. The zero-order chi connectivity index (χ0) is 13.8. The quantitative estimate of drug-likeness (QED) is 0.873. The van der Waals surface area contributed by atoms with Crippen LogP contribution in [-0.4, -0.2) is 44.2 Å². The topological polar surface area (TPSA) is 24.5 Å². The largest absolute Gasteiger partial charge is 0.493 e. The van der Waals surface area contributed by atoms with Gasteiger partial charge in [-0.2, -0.15) is 0 Å². The van der Waals surface area contributed by atoms with E-state index in [-0.39, 0.29) is 0 Å². The zero-order valence-electron chi connectivity index (χ0n) is 11.9. The summed E-state index contributed by atoms with van der Waals surface area (Å²) in [6.07, 6.45) is 3.66. The number of ether oxygens (including phenoxy) is 1. The van der Waals surface area contributed by atoms with Crippen LogP contribution in [0.25, 0.3) is 0 Å². The van der Waals surface area contributed by atoms with Crippen molar-refractivity contribution in [2.24, 2.45) is 5.92 Å². The molecule has 1 saturated carbocycles. The van der Waals surface area contributed by atoms with Crippen molar-refractivity contribution < 1.29 is 4.74 Å². The molecule has 1 heterocycles. The van der Waals surface area contributed by atoms with Crippen LogP contribution in [0.5, 0.6) is 5.75 Å². The summed E-state index contributed by atoms with van der Waals surface area (Å²) < 4.78 is 5.97. The first kappa shape index (κ1) is 14.2. The molecule has 0 bridgehead atoms. The Bertz CT molecular complexity index is 442. The molecule has 3 rings (SSSR count). The lowest BCUT2D eigenvalue weighted by atomic mass is 10.1. The minimum Gasteiger partial charge on any atom is -0.493 e. The molecule has 1 aliphatic heterocycles. The Labute approximate surface area is 126 Å². The van der Waals surface area contributed by atoms with Gasteiger partial charge in [-0.15, -0.1) is 0 Å². The number of nitrogens with one attached hydrogen (secondary N) is 1. The fraction of sp³-hybridized carbons (Fsp3) is 0.625. The lowest BCUT2D eigenvalue weighted by Gasteiger charge is -2.27. The van der Waals surface area contributed by atoms with E-state index in [1.165, 1.54) is 18.4 Å². The Morgan fingerprint density at radius 3 is 2.80 bits per heavy atom. The number of nitrogens with zero attached hydrogens (tertiary/aromatic N) is 1. The lowest BCUT2D eigenvalue weighted by Crippen LogP contribution is -2.44. The summed E-state index contributed by atoms with van der Waals surface area (Å²) in [5.74, 6) is 1.81. The molecular formula is C16H23ClN2O. The highest BCUT2D eigenvalue weighted by Crippen LogP contribution is 2.31. The third kappa shape index (κ3) is 4.11. The van der Waals surface area contributed by atoms with Gasteiger partial charge in [0.2, 0.25) is 0 Å². The highest BCUT2D eigenvalue weighted by atomic mass is 35.5. The molecule has 1 aliphatic carbocycles. The number of benzene rings is 1. The molecule has 110 valence electrons. The van der Waals surface area contributed by atoms with Crippen LogP contribution in [0.3, 0.4) is 0 Å². The molecule has 1 saturated heterocycles. The molecule has 0 unspecified atom stereocenters. The second-order valence-corrected chi connectivity index (χ2v) is 6.28. The van der Waals surface area contributed by atoms with Gasteiger partial charge in [0.15, 0.2) is 0 Å². The molecular weight excluding hydrogens is 272 g/mol. The number of hydrogen-bond acceptors (Lipinski definition) is 3. The predicted molar refractivity (Wildman–Crippen MR) is 82.7 cm³/mol. The van der Waals surface area contributed by atoms with Gasteiger partial charge in [-0.3, -0.25) is 0 Å². The van der Waals surface area contributed by atoms with Gasteiger partial charge in [-0.1, -0.05) is 11.6 Å². The van der Waals surface area contributed by atoms with Gasteiger partial charge in [-0.05, 0) is 48.9 Å².